The maximum Gasteiger partial charge on any atom is 0.412 e. The van der Waals surface area contributed by atoms with Crippen molar-refractivity contribution >= 4 is 21.6 Å². The lowest BCUT2D eigenvalue weighted by atomic mass is 10.1. The Hall–Kier alpha value is -1.01. The van der Waals surface area contributed by atoms with Gasteiger partial charge in [0.2, 0.25) is 0 Å². The summed E-state index contributed by atoms with van der Waals surface area (Å²) in [6.45, 7) is 2.53. The molecular formula is C14H16BrF3N2. The van der Waals surface area contributed by atoms with E-state index in [1.807, 2.05) is 30.0 Å². The largest absolute Gasteiger partial charge is 0.412 e. The van der Waals surface area contributed by atoms with Crippen LogP contribution in [-0.2, 0) is 0 Å². The van der Waals surface area contributed by atoms with Gasteiger partial charge in [-0.25, -0.2) is 0 Å². The topological polar surface area (TPSA) is 29.3 Å². The molecule has 0 aliphatic carbocycles. The van der Waals surface area contributed by atoms with Crippen molar-refractivity contribution in [3.63, 3.8) is 0 Å². The molecule has 0 fully saturated rings. The van der Waals surface area contributed by atoms with Crippen LogP contribution in [-0.4, -0.2) is 19.3 Å². The average Bonchev–Trinajstić information content (AvgIpc) is 2.37. The molecule has 2 rings (SSSR count). The van der Waals surface area contributed by atoms with E-state index in [0.717, 1.165) is 15.7 Å². The highest BCUT2D eigenvalue weighted by molar-refractivity contribution is 9.10. The van der Waals surface area contributed by atoms with E-state index in [0.29, 0.717) is 6.54 Å². The minimum Gasteiger partial charge on any atom is -0.367 e. The lowest BCUT2D eigenvalue weighted by Crippen LogP contribution is -2.31. The summed E-state index contributed by atoms with van der Waals surface area (Å²) in [6.07, 6.45) is -2.92. The minimum absolute atomic E-state index is 0.0240. The standard InChI is InChI=1S/C14H16BrF3N2/c1-9(19)12-3-2-11(8-13(12)15)20-6-4-10(5-7-20)14(16,17)18/h2-4,8-9H,5-7,19H2,1H3. The first-order valence-electron chi connectivity index (χ1n) is 6.35. The number of nitrogens with zero attached hydrogens (tertiary/aromatic N) is 1. The van der Waals surface area contributed by atoms with Crippen LogP contribution in [0.1, 0.15) is 24.9 Å². The van der Waals surface area contributed by atoms with Gasteiger partial charge in [0.25, 0.3) is 0 Å². The van der Waals surface area contributed by atoms with Crippen LogP contribution in [0.3, 0.4) is 0 Å². The summed E-state index contributed by atoms with van der Waals surface area (Å²) in [4.78, 5) is 1.92. The summed E-state index contributed by atoms with van der Waals surface area (Å²) in [5.74, 6) is 0. The molecule has 1 aliphatic heterocycles. The fourth-order valence-electron chi connectivity index (χ4n) is 2.24. The molecule has 0 aromatic heterocycles. The predicted molar refractivity (Wildman–Crippen MR) is 77.7 cm³/mol. The Kier molecular flexibility index (Phi) is 4.44. The number of rotatable bonds is 2. The Bertz CT molecular complexity index is 524. The summed E-state index contributed by atoms with van der Waals surface area (Å²) >= 11 is 3.46. The predicted octanol–water partition coefficient (Wildman–Crippen LogP) is 4.17. The smallest absolute Gasteiger partial charge is 0.367 e. The van der Waals surface area contributed by atoms with Gasteiger partial charge in [0.1, 0.15) is 0 Å². The van der Waals surface area contributed by atoms with E-state index in [9.17, 15) is 13.2 Å². The molecule has 0 radical (unpaired) electrons. The highest BCUT2D eigenvalue weighted by atomic mass is 79.9. The first-order chi connectivity index (χ1) is 9.29. The zero-order valence-electron chi connectivity index (χ0n) is 11.0. The van der Waals surface area contributed by atoms with Gasteiger partial charge in [-0.2, -0.15) is 13.2 Å². The molecule has 0 saturated heterocycles. The van der Waals surface area contributed by atoms with Crippen molar-refractivity contribution in [2.75, 3.05) is 18.0 Å². The van der Waals surface area contributed by atoms with Crippen LogP contribution in [0, 0.1) is 0 Å². The number of hydrogen-bond donors (Lipinski definition) is 1. The molecule has 0 spiro atoms. The second-order valence-corrected chi connectivity index (χ2v) is 5.77. The fourth-order valence-corrected chi connectivity index (χ4v) is 2.97. The number of nitrogens with two attached hydrogens (primary N) is 1. The Morgan fingerprint density at radius 3 is 2.50 bits per heavy atom. The summed E-state index contributed by atoms with van der Waals surface area (Å²) in [6, 6.07) is 5.63. The number of halogens is 4. The van der Waals surface area contributed by atoms with E-state index in [2.05, 4.69) is 15.9 Å². The highest BCUT2D eigenvalue weighted by Crippen LogP contribution is 2.33. The van der Waals surface area contributed by atoms with Crippen molar-refractivity contribution in [1.82, 2.24) is 0 Å². The van der Waals surface area contributed by atoms with Crippen molar-refractivity contribution in [3.05, 3.63) is 39.9 Å². The number of benzene rings is 1. The molecule has 1 heterocycles. The van der Waals surface area contributed by atoms with Gasteiger partial charge in [0.15, 0.2) is 0 Å². The lowest BCUT2D eigenvalue weighted by molar-refractivity contribution is -0.0943. The molecule has 6 heteroatoms. The number of alkyl halides is 3. The third-order valence-electron chi connectivity index (χ3n) is 3.41. The van der Waals surface area contributed by atoms with E-state index >= 15 is 0 Å². The maximum absolute atomic E-state index is 12.6. The van der Waals surface area contributed by atoms with Crippen molar-refractivity contribution in [2.45, 2.75) is 25.6 Å². The Morgan fingerprint density at radius 2 is 2.05 bits per heavy atom. The summed E-state index contributed by atoms with van der Waals surface area (Å²) in [5, 5.41) is 0. The molecule has 0 amide bonds. The fraction of sp³-hybridized carbons (Fsp3) is 0.429. The van der Waals surface area contributed by atoms with Gasteiger partial charge in [-0.15, -0.1) is 0 Å². The molecule has 1 aromatic carbocycles. The van der Waals surface area contributed by atoms with Crippen LogP contribution in [0.5, 0.6) is 0 Å². The molecule has 1 unspecified atom stereocenters. The lowest BCUT2D eigenvalue weighted by Gasteiger charge is -2.29. The van der Waals surface area contributed by atoms with Crippen LogP contribution < -0.4 is 10.6 Å². The van der Waals surface area contributed by atoms with Gasteiger partial charge in [-0.05, 0) is 31.0 Å². The zero-order chi connectivity index (χ0) is 14.9. The molecular weight excluding hydrogens is 333 g/mol. The van der Waals surface area contributed by atoms with Crippen molar-refractivity contribution in [3.8, 4) is 0 Å². The molecule has 1 aliphatic rings. The monoisotopic (exact) mass is 348 g/mol. The van der Waals surface area contributed by atoms with E-state index < -0.39 is 11.7 Å². The van der Waals surface area contributed by atoms with Gasteiger partial charge < -0.3 is 10.6 Å². The molecule has 110 valence electrons. The molecule has 1 aromatic rings. The molecule has 2 N–H and O–H groups in total. The first-order valence-corrected chi connectivity index (χ1v) is 7.14. The van der Waals surface area contributed by atoms with Crippen molar-refractivity contribution in [1.29, 1.82) is 0 Å². The zero-order valence-corrected chi connectivity index (χ0v) is 12.6. The summed E-state index contributed by atoms with van der Waals surface area (Å²) < 4.78 is 38.6. The van der Waals surface area contributed by atoms with Crippen LogP contribution in [0.15, 0.2) is 34.3 Å². The summed E-state index contributed by atoms with van der Waals surface area (Å²) in [5.41, 5.74) is 7.29. The second-order valence-electron chi connectivity index (χ2n) is 4.92. The third kappa shape index (κ3) is 3.35. The van der Waals surface area contributed by atoms with Gasteiger partial charge in [-0.1, -0.05) is 28.1 Å². The third-order valence-corrected chi connectivity index (χ3v) is 4.10. The van der Waals surface area contributed by atoms with Gasteiger partial charge in [0, 0.05) is 34.9 Å². The second kappa shape index (κ2) is 5.77. The van der Waals surface area contributed by atoms with Crippen LogP contribution in [0.2, 0.25) is 0 Å². The Labute approximate surface area is 124 Å². The van der Waals surface area contributed by atoms with Crippen LogP contribution >= 0.6 is 15.9 Å². The molecule has 2 nitrogen and oxygen atoms in total. The number of hydrogen-bond acceptors (Lipinski definition) is 2. The Balaban J connectivity index is 2.15. The molecule has 1 atom stereocenters. The normalized spacial score (nSPS) is 17.9. The molecule has 20 heavy (non-hydrogen) atoms. The van der Waals surface area contributed by atoms with Crippen molar-refractivity contribution < 1.29 is 13.2 Å². The summed E-state index contributed by atoms with van der Waals surface area (Å²) in [7, 11) is 0. The van der Waals surface area contributed by atoms with Crippen LogP contribution in [0.4, 0.5) is 18.9 Å². The van der Waals surface area contributed by atoms with Crippen molar-refractivity contribution in [2.24, 2.45) is 5.73 Å². The minimum atomic E-state index is -4.20. The van der Waals surface area contributed by atoms with E-state index in [1.165, 1.54) is 6.08 Å². The quantitative estimate of drug-likeness (QED) is 0.812. The Morgan fingerprint density at radius 1 is 1.35 bits per heavy atom. The molecule has 0 saturated carbocycles. The van der Waals surface area contributed by atoms with E-state index in [4.69, 9.17) is 5.73 Å². The SMILES string of the molecule is CC(N)c1ccc(N2CC=C(C(F)(F)F)CC2)cc1Br. The van der Waals surface area contributed by atoms with Gasteiger partial charge >= 0.3 is 6.18 Å². The highest BCUT2D eigenvalue weighted by Gasteiger charge is 2.34. The van der Waals surface area contributed by atoms with Gasteiger partial charge in [0.05, 0.1) is 0 Å². The molecule has 0 bridgehead atoms. The average molecular weight is 349 g/mol. The van der Waals surface area contributed by atoms with Crippen LogP contribution in [0.25, 0.3) is 0 Å². The van der Waals surface area contributed by atoms with E-state index in [-0.39, 0.29) is 19.0 Å². The van der Waals surface area contributed by atoms with E-state index in [1.54, 1.807) is 0 Å². The number of anilines is 1. The maximum atomic E-state index is 12.6. The first kappa shape index (κ1) is 15.4. The van der Waals surface area contributed by atoms with Gasteiger partial charge in [-0.3, -0.25) is 0 Å².